The number of carbonyl (C=O) groups is 1. The van der Waals surface area contributed by atoms with Crippen LogP contribution >= 0.6 is 11.6 Å². The summed E-state index contributed by atoms with van der Waals surface area (Å²) in [5.74, 6) is 0.824. The molecule has 37 heavy (non-hydrogen) atoms. The van der Waals surface area contributed by atoms with Crippen LogP contribution < -0.4 is 9.47 Å². The summed E-state index contributed by atoms with van der Waals surface area (Å²) >= 11 is 6.19. The maximum Gasteiger partial charge on any atom is 0.256 e. The predicted molar refractivity (Wildman–Crippen MR) is 138 cm³/mol. The molecule has 0 N–H and O–H groups in total. The van der Waals surface area contributed by atoms with Crippen LogP contribution in [-0.2, 0) is 19.6 Å². The van der Waals surface area contributed by atoms with E-state index < -0.39 is 16.1 Å². The average Bonchev–Trinajstić information content (AvgIpc) is 3.46. The van der Waals surface area contributed by atoms with Crippen molar-refractivity contribution in [2.45, 2.75) is 11.0 Å². The third kappa shape index (κ3) is 5.49. The number of carbonyl (C=O) groups excluding carboxylic acids is 1. The number of hydrogen-bond acceptors (Lipinski definition) is 7. The molecular formula is C26H30ClN3O6S. The fourth-order valence-corrected chi connectivity index (χ4v) is 6.35. The van der Waals surface area contributed by atoms with Crippen molar-refractivity contribution in [3.63, 3.8) is 0 Å². The second kappa shape index (κ2) is 10.6. The molecule has 0 radical (unpaired) electrons. The number of rotatable bonds is 8. The lowest BCUT2D eigenvalue weighted by Crippen LogP contribution is -2.39. The Bertz CT molecular complexity index is 1310. The van der Waals surface area contributed by atoms with Crippen molar-refractivity contribution >= 4 is 27.5 Å². The van der Waals surface area contributed by atoms with Gasteiger partial charge in [0.2, 0.25) is 10.0 Å². The van der Waals surface area contributed by atoms with Crippen LogP contribution in [-0.4, -0.2) is 95.1 Å². The first-order chi connectivity index (χ1) is 17.7. The van der Waals surface area contributed by atoms with E-state index in [0.29, 0.717) is 61.5 Å². The maximum absolute atomic E-state index is 13.6. The van der Waals surface area contributed by atoms with Gasteiger partial charge in [-0.15, -0.1) is 0 Å². The summed E-state index contributed by atoms with van der Waals surface area (Å²) in [6, 6.07) is 11.8. The zero-order valence-electron chi connectivity index (χ0n) is 20.9. The van der Waals surface area contributed by atoms with Crippen LogP contribution in [0.2, 0.25) is 5.02 Å². The number of benzene rings is 2. The van der Waals surface area contributed by atoms with Crippen molar-refractivity contribution in [3.8, 4) is 11.5 Å². The second-order valence-electron chi connectivity index (χ2n) is 9.59. The molecule has 0 bridgehead atoms. The maximum atomic E-state index is 13.6. The van der Waals surface area contributed by atoms with Gasteiger partial charge in [0.05, 0.1) is 11.5 Å². The number of halogens is 1. The molecule has 1 amide bonds. The molecule has 1 unspecified atom stereocenters. The summed E-state index contributed by atoms with van der Waals surface area (Å²) in [4.78, 5) is 17.5. The number of ether oxygens (including phenoxy) is 3. The summed E-state index contributed by atoms with van der Waals surface area (Å²) in [7, 11) is 0.160. The third-order valence-corrected chi connectivity index (χ3v) is 8.68. The molecule has 9 nitrogen and oxygen atoms in total. The highest BCUT2D eigenvalue weighted by atomic mass is 35.5. The van der Waals surface area contributed by atoms with Crippen molar-refractivity contribution in [3.05, 3.63) is 64.2 Å². The van der Waals surface area contributed by atoms with Gasteiger partial charge in [-0.05, 0) is 55.1 Å². The molecule has 0 spiro atoms. The predicted octanol–water partition coefficient (Wildman–Crippen LogP) is 2.57. The molecule has 3 heterocycles. The summed E-state index contributed by atoms with van der Waals surface area (Å²) in [6.45, 7) is 3.12. The number of sulfonamides is 1. The quantitative estimate of drug-likeness (QED) is 0.469. The molecule has 198 valence electrons. The lowest BCUT2D eigenvalue weighted by Gasteiger charge is -2.27. The highest BCUT2D eigenvalue weighted by molar-refractivity contribution is 7.89. The molecule has 0 saturated heterocycles. The van der Waals surface area contributed by atoms with Gasteiger partial charge in [-0.2, -0.15) is 4.31 Å². The van der Waals surface area contributed by atoms with Crippen molar-refractivity contribution in [2.24, 2.45) is 0 Å². The van der Waals surface area contributed by atoms with E-state index in [2.05, 4.69) is 0 Å². The third-order valence-electron chi connectivity index (χ3n) is 6.66. The molecule has 2 aromatic carbocycles. The number of fused-ring (bicyclic) bond motifs is 1. The van der Waals surface area contributed by atoms with Crippen LogP contribution in [0.4, 0.5) is 0 Å². The van der Waals surface area contributed by atoms with Gasteiger partial charge in [-0.3, -0.25) is 4.79 Å². The Hall–Kier alpha value is -2.63. The van der Waals surface area contributed by atoms with Crippen LogP contribution in [0.3, 0.4) is 0 Å². The lowest BCUT2D eigenvalue weighted by atomic mass is 10.1. The Morgan fingerprint density at radius 3 is 2.41 bits per heavy atom. The topological polar surface area (TPSA) is 88.6 Å². The van der Waals surface area contributed by atoms with Crippen molar-refractivity contribution in [1.29, 1.82) is 0 Å². The Labute approximate surface area is 222 Å². The molecule has 0 saturated carbocycles. The van der Waals surface area contributed by atoms with E-state index in [9.17, 15) is 13.2 Å². The number of hydrogen-bond donors (Lipinski definition) is 0. The number of nitrogens with zero attached hydrogens (tertiary/aromatic N) is 3. The lowest BCUT2D eigenvalue weighted by molar-refractivity contribution is -0.143. The molecule has 5 rings (SSSR count). The zero-order chi connectivity index (χ0) is 26.2. The summed E-state index contributed by atoms with van der Waals surface area (Å²) in [5, 5.41) is 0.536. The fraction of sp³-hybridized carbons (Fsp3) is 0.423. The SMILES string of the molecule is CN(C)CCOC(C(=O)N1CC2=C(C1)CN(S(=O)(=O)c1ccc3c(c1)OCCO3)C2)c1cccc(Cl)c1. The van der Waals surface area contributed by atoms with Gasteiger partial charge in [0.25, 0.3) is 5.91 Å². The first-order valence-electron chi connectivity index (χ1n) is 12.1. The monoisotopic (exact) mass is 547 g/mol. The Morgan fingerprint density at radius 1 is 1.03 bits per heavy atom. The highest BCUT2D eigenvalue weighted by Crippen LogP contribution is 2.36. The van der Waals surface area contributed by atoms with Crippen molar-refractivity contribution in [2.75, 3.05) is 66.6 Å². The Kier molecular flexibility index (Phi) is 7.46. The zero-order valence-corrected chi connectivity index (χ0v) is 22.4. The smallest absolute Gasteiger partial charge is 0.256 e. The number of amides is 1. The van der Waals surface area contributed by atoms with E-state index in [1.165, 1.54) is 10.4 Å². The first kappa shape index (κ1) is 26.0. The average molecular weight is 548 g/mol. The van der Waals surface area contributed by atoms with Gasteiger partial charge in [0.15, 0.2) is 17.6 Å². The molecule has 3 aliphatic rings. The van der Waals surface area contributed by atoms with E-state index in [0.717, 1.165) is 11.1 Å². The van der Waals surface area contributed by atoms with Gasteiger partial charge >= 0.3 is 0 Å². The minimum atomic E-state index is -3.73. The summed E-state index contributed by atoms with van der Waals surface area (Å²) < 4.78 is 45.2. The summed E-state index contributed by atoms with van der Waals surface area (Å²) in [5.41, 5.74) is 2.60. The molecule has 1 atom stereocenters. The highest BCUT2D eigenvalue weighted by Gasteiger charge is 2.39. The van der Waals surface area contributed by atoms with Gasteiger partial charge in [-0.1, -0.05) is 23.7 Å². The normalized spacial score (nSPS) is 18.4. The van der Waals surface area contributed by atoms with E-state index in [1.807, 2.05) is 25.1 Å². The van der Waals surface area contributed by atoms with Crippen LogP contribution in [0.5, 0.6) is 11.5 Å². The molecule has 2 aromatic rings. The standard InChI is InChI=1S/C26H30ClN3O6S/c1-28(2)8-9-36-25(18-4-3-5-21(27)12-18)26(31)29-14-19-16-30(17-20(19)15-29)37(32,33)22-6-7-23-24(13-22)35-11-10-34-23/h3-7,12-13,25H,8-11,14-17H2,1-2H3. The molecule has 0 aromatic heterocycles. The van der Waals surface area contributed by atoms with Gasteiger partial charge in [-0.25, -0.2) is 8.42 Å². The fourth-order valence-electron chi connectivity index (χ4n) is 4.70. The number of likely N-dealkylation sites (N-methyl/N-ethyl adjacent to an activating group) is 1. The minimum absolute atomic E-state index is 0.156. The Balaban J connectivity index is 1.26. The van der Waals surface area contributed by atoms with Crippen LogP contribution in [0.15, 0.2) is 58.5 Å². The largest absolute Gasteiger partial charge is 0.486 e. The van der Waals surface area contributed by atoms with Crippen LogP contribution in [0.25, 0.3) is 0 Å². The van der Waals surface area contributed by atoms with Gasteiger partial charge in [0, 0.05) is 43.8 Å². The molecule has 11 heteroatoms. The first-order valence-corrected chi connectivity index (χ1v) is 13.9. The summed E-state index contributed by atoms with van der Waals surface area (Å²) in [6.07, 6.45) is -0.781. The molecular weight excluding hydrogens is 518 g/mol. The van der Waals surface area contributed by atoms with E-state index in [4.69, 9.17) is 25.8 Å². The molecule has 0 fully saturated rings. The van der Waals surface area contributed by atoms with E-state index >= 15 is 0 Å². The van der Waals surface area contributed by atoms with Crippen LogP contribution in [0, 0.1) is 0 Å². The molecule has 0 aliphatic carbocycles. The van der Waals surface area contributed by atoms with E-state index in [-0.39, 0.29) is 23.9 Å². The van der Waals surface area contributed by atoms with Gasteiger partial charge in [0.1, 0.15) is 13.2 Å². The second-order valence-corrected chi connectivity index (χ2v) is 12.0. The van der Waals surface area contributed by atoms with Gasteiger partial charge < -0.3 is 24.0 Å². The Morgan fingerprint density at radius 2 is 1.73 bits per heavy atom. The van der Waals surface area contributed by atoms with Crippen molar-refractivity contribution in [1.82, 2.24) is 14.1 Å². The minimum Gasteiger partial charge on any atom is -0.486 e. The van der Waals surface area contributed by atoms with E-state index in [1.54, 1.807) is 35.2 Å². The van der Waals surface area contributed by atoms with Crippen LogP contribution in [0.1, 0.15) is 11.7 Å². The van der Waals surface area contributed by atoms with Crippen molar-refractivity contribution < 1.29 is 27.4 Å². The molecule has 3 aliphatic heterocycles.